The van der Waals surface area contributed by atoms with Gasteiger partial charge in [0.25, 0.3) is 0 Å². The van der Waals surface area contributed by atoms with Crippen LogP contribution in [0.5, 0.6) is 5.75 Å². The van der Waals surface area contributed by atoms with Crippen molar-refractivity contribution in [1.29, 1.82) is 0 Å². The van der Waals surface area contributed by atoms with E-state index in [-0.39, 0.29) is 5.82 Å². The Bertz CT molecular complexity index is 933. The van der Waals surface area contributed by atoms with Gasteiger partial charge in [-0.2, -0.15) is 0 Å². The first-order valence-corrected chi connectivity index (χ1v) is 8.66. The molecule has 0 bridgehead atoms. The van der Waals surface area contributed by atoms with Crippen LogP contribution in [0.1, 0.15) is 18.4 Å². The number of ether oxygens (including phenoxy) is 1. The lowest BCUT2D eigenvalue weighted by Gasteiger charge is -2.20. The fourth-order valence-corrected chi connectivity index (χ4v) is 3.66. The summed E-state index contributed by atoms with van der Waals surface area (Å²) in [7, 11) is 1.64. The Labute approximate surface area is 147 Å². The molecule has 0 N–H and O–H groups in total. The van der Waals surface area contributed by atoms with Gasteiger partial charge in [-0.25, -0.2) is 9.37 Å². The summed E-state index contributed by atoms with van der Waals surface area (Å²) in [6.07, 6.45) is 4.11. The van der Waals surface area contributed by atoms with Crippen molar-refractivity contribution in [2.75, 3.05) is 25.1 Å². The number of hydrogen-bond donors (Lipinski definition) is 0. The summed E-state index contributed by atoms with van der Waals surface area (Å²) in [5.41, 5.74) is 2.75. The van der Waals surface area contributed by atoms with Crippen molar-refractivity contribution in [1.82, 2.24) is 4.98 Å². The number of hydrogen-bond acceptors (Lipinski definition) is 3. The number of anilines is 1. The first-order valence-electron chi connectivity index (χ1n) is 8.66. The molecule has 4 rings (SSSR count). The zero-order chi connectivity index (χ0) is 17.4. The standard InChI is InChI=1S/C21H21FN2O/c1-14-8-9-19(25-2)16(12-14)17-13-23-21(24-10-3-4-11-24)15-6-5-7-18(22)20(15)17/h5-9,12-13H,3-4,10-11H2,1-2H3. The molecular formula is C21H21FN2O. The van der Waals surface area contributed by atoms with Gasteiger partial charge < -0.3 is 9.64 Å². The van der Waals surface area contributed by atoms with Crippen molar-refractivity contribution in [3.63, 3.8) is 0 Å². The quantitative estimate of drug-likeness (QED) is 0.676. The fraction of sp³-hybridized carbons (Fsp3) is 0.286. The highest BCUT2D eigenvalue weighted by molar-refractivity contribution is 6.03. The number of rotatable bonds is 3. The Morgan fingerprint density at radius 2 is 1.88 bits per heavy atom. The van der Waals surface area contributed by atoms with E-state index in [0.29, 0.717) is 5.39 Å². The Morgan fingerprint density at radius 3 is 2.64 bits per heavy atom. The van der Waals surface area contributed by atoms with Gasteiger partial charge in [0, 0.05) is 41.2 Å². The molecule has 3 aromatic rings. The zero-order valence-electron chi connectivity index (χ0n) is 14.6. The maximum atomic E-state index is 14.8. The van der Waals surface area contributed by atoms with Crippen LogP contribution in [0.3, 0.4) is 0 Å². The van der Waals surface area contributed by atoms with Gasteiger partial charge in [-0.05, 0) is 38.0 Å². The van der Waals surface area contributed by atoms with Crippen LogP contribution < -0.4 is 9.64 Å². The number of fused-ring (bicyclic) bond motifs is 1. The molecule has 3 nitrogen and oxygen atoms in total. The van der Waals surface area contributed by atoms with Crippen LogP contribution in [0.4, 0.5) is 10.2 Å². The van der Waals surface area contributed by atoms with E-state index in [0.717, 1.165) is 59.6 Å². The van der Waals surface area contributed by atoms with Crippen LogP contribution in [0.2, 0.25) is 0 Å². The Morgan fingerprint density at radius 1 is 1.08 bits per heavy atom. The minimum Gasteiger partial charge on any atom is -0.496 e. The Balaban J connectivity index is 2.00. The molecule has 0 amide bonds. The van der Waals surface area contributed by atoms with Crippen molar-refractivity contribution in [2.24, 2.45) is 0 Å². The maximum Gasteiger partial charge on any atom is 0.136 e. The molecule has 0 aliphatic carbocycles. The third kappa shape index (κ3) is 2.72. The average molecular weight is 336 g/mol. The second kappa shape index (κ2) is 6.36. The third-order valence-electron chi connectivity index (χ3n) is 4.89. The Kier molecular flexibility index (Phi) is 4.04. The van der Waals surface area contributed by atoms with E-state index in [9.17, 15) is 4.39 Å². The molecule has 1 aliphatic rings. The molecule has 0 radical (unpaired) electrons. The topological polar surface area (TPSA) is 25.4 Å². The fourth-order valence-electron chi connectivity index (χ4n) is 3.66. The predicted octanol–water partition coefficient (Wildman–Crippen LogP) is 4.96. The van der Waals surface area contributed by atoms with Gasteiger partial charge in [0.1, 0.15) is 17.4 Å². The number of methoxy groups -OCH3 is 1. The first kappa shape index (κ1) is 15.9. The number of halogens is 1. The van der Waals surface area contributed by atoms with Crippen molar-refractivity contribution in [3.05, 3.63) is 54.0 Å². The van der Waals surface area contributed by atoms with Crippen LogP contribution in [-0.4, -0.2) is 25.2 Å². The molecule has 0 spiro atoms. The van der Waals surface area contributed by atoms with E-state index in [1.165, 1.54) is 6.07 Å². The molecule has 1 aliphatic heterocycles. The smallest absolute Gasteiger partial charge is 0.136 e. The lowest BCUT2D eigenvalue weighted by atomic mass is 9.97. The summed E-state index contributed by atoms with van der Waals surface area (Å²) in [6, 6.07) is 11.2. The molecule has 0 atom stereocenters. The summed E-state index contributed by atoms with van der Waals surface area (Å²) in [4.78, 5) is 6.96. The van der Waals surface area contributed by atoms with E-state index >= 15 is 0 Å². The van der Waals surface area contributed by atoms with Crippen molar-refractivity contribution >= 4 is 16.6 Å². The van der Waals surface area contributed by atoms with Gasteiger partial charge >= 0.3 is 0 Å². The van der Waals surface area contributed by atoms with Crippen molar-refractivity contribution in [3.8, 4) is 16.9 Å². The molecule has 2 aromatic carbocycles. The van der Waals surface area contributed by atoms with Crippen molar-refractivity contribution in [2.45, 2.75) is 19.8 Å². The van der Waals surface area contributed by atoms with E-state index < -0.39 is 0 Å². The molecule has 128 valence electrons. The summed E-state index contributed by atoms with van der Waals surface area (Å²) in [6.45, 7) is 3.98. The molecule has 2 heterocycles. The van der Waals surface area contributed by atoms with E-state index in [2.05, 4.69) is 4.90 Å². The second-order valence-corrected chi connectivity index (χ2v) is 6.56. The number of aryl methyl sites for hydroxylation is 1. The van der Waals surface area contributed by atoms with Gasteiger partial charge in [0.2, 0.25) is 0 Å². The number of aromatic nitrogens is 1. The molecular weight excluding hydrogens is 315 g/mol. The normalized spacial score (nSPS) is 14.3. The molecule has 1 fully saturated rings. The molecule has 1 saturated heterocycles. The number of nitrogens with zero attached hydrogens (tertiary/aromatic N) is 2. The van der Waals surface area contributed by atoms with Crippen LogP contribution in [0, 0.1) is 12.7 Å². The predicted molar refractivity (Wildman–Crippen MR) is 99.9 cm³/mol. The SMILES string of the molecule is COc1ccc(C)cc1-c1cnc(N2CCCC2)c2cccc(F)c12. The first-order chi connectivity index (χ1) is 12.2. The number of pyridine rings is 1. The number of benzene rings is 2. The zero-order valence-corrected chi connectivity index (χ0v) is 14.6. The summed E-state index contributed by atoms with van der Waals surface area (Å²) in [5, 5.41) is 1.48. The monoisotopic (exact) mass is 336 g/mol. The minimum absolute atomic E-state index is 0.223. The lowest BCUT2D eigenvalue weighted by Crippen LogP contribution is -2.19. The molecule has 4 heteroatoms. The van der Waals surface area contributed by atoms with Gasteiger partial charge in [-0.1, -0.05) is 23.8 Å². The van der Waals surface area contributed by atoms with E-state index in [1.807, 2.05) is 31.2 Å². The Hall–Kier alpha value is -2.62. The average Bonchev–Trinajstić information content (AvgIpc) is 3.15. The maximum absolute atomic E-state index is 14.8. The highest BCUT2D eigenvalue weighted by Gasteiger charge is 2.20. The summed E-state index contributed by atoms with van der Waals surface area (Å²) < 4.78 is 20.4. The van der Waals surface area contributed by atoms with Gasteiger partial charge in [0.15, 0.2) is 0 Å². The largest absolute Gasteiger partial charge is 0.496 e. The van der Waals surface area contributed by atoms with Gasteiger partial charge in [-0.15, -0.1) is 0 Å². The highest BCUT2D eigenvalue weighted by Crippen LogP contribution is 2.39. The summed E-state index contributed by atoms with van der Waals surface area (Å²) >= 11 is 0. The van der Waals surface area contributed by atoms with Crippen LogP contribution >= 0.6 is 0 Å². The van der Waals surface area contributed by atoms with Gasteiger partial charge in [-0.3, -0.25) is 0 Å². The second-order valence-electron chi connectivity index (χ2n) is 6.56. The third-order valence-corrected chi connectivity index (χ3v) is 4.89. The summed E-state index contributed by atoms with van der Waals surface area (Å²) in [5.74, 6) is 1.38. The highest BCUT2D eigenvalue weighted by atomic mass is 19.1. The van der Waals surface area contributed by atoms with Crippen molar-refractivity contribution < 1.29 is 9.13 Å². The minimum atomic E-state index is -0.223. The molecule has 0 saturated carbocycles. The lowest BCUT2D eigenvalue weighted by molar-refractivity contribution is 0.416. The van der Waals surface area contributed by atoms with E-state index in [1.54, 1.807) is 19.4 Å². The molecule has 25 heavy (non-hydrogen) atoms. The van der Waals surface area contributed by atoms with Gasteiger partial charge in [0.05, 0.1) is 7.11 Å². The molecule has 0 unspecified atom stereocenters. The van der Waals surface area contributed by atoms with Crippen LogP contribution in [-0.2, 0) is 0 Å². The van der Waals surface area contributed by atoms with Crippen LogP contribution in [0.25, 0.3) is 21.9 Å². The molecule has 1 aromatic heterocycles. The van der Waals surface area contributed by atoms with Crippen LogP contribution in [0.15, 0.2) is 42.6 Å². The van der Waals surface area contributed by atoms with E-state index in [4.69, 9.17) is 9.72 Å².